The second-order valence-electron chi connectivity index (χ2n) is 4.42. The average Bonchev–Trinajstić information content (AvgIpc) is 2.94. The Morgan fingerprint density at radius 3 is 2.11 bits per heavy atom. The fourth-order valence-electron chi connectivity index (χ4n) is 2.29. The van der Waals surface area contributed by atoms with Gasteiger partial charge in [-0.05, 0) is 34.4 Å². The predicted molar refractivity (Wildman–Crippen MR) is 82.2 cm³/mol. The third-order valence-electron chi connectivity index (χ3n) is 3.13. The summed E-state index contributed by atoms with van der Waals surface area (Å²) in [4.78, 5) is 0. The Hall–Kier alpha value is -2.05. The molecule has 1 aliphatic rings. The van der Waals surface area contributed by atoms with Crippen molar-refractivity contribution in [2.24, 2.45) is 0 Å². The van der Waals surface area contributed by atoms with Crippen molar-refractivity contribution >= 4 is 17.2 Å². The van der Waals surface area contributed by atoms with E-state index in [0.29, 0.717) is 0 Å². The van der Waals surface area contributed by atoms with Gasteiger partial charge in [0.15, 0.2) is 0 Å². The summed E-state index contributed by atoms with van der Waals surface area (Å²) >= 11 is 6.12. The molecule has 0 radical (unpaired) electrons. The van der Waals surface area contributed by atoms with E-state index in [0.717, 1.165) is 10.6 Å². The first-order chi connectivity index (χ1) is 9.34. The van der Waals surface area contributed by atoms with Gasteiger partial charge in [0.05, 0.1) is 0 Å². The number of benzene rings is 2. The van der Waals surface area contributed by atoms with Gasteiger partial charge in [0, 0.05) is 5.02 Å². The molecule has 0 amide bonds. The van der Waals surface area contributed by atoms with Gasteiger partial charge in [-0.3, -0.25) is 0 Å². The molecule has 92 valence electrons. The molecular formula is C18H13Cl. The molecule has 0 aliphatic heterocycles. The van der Waals surface area contributed by atoms with Crippen molar-refractivity contribution in [3.63, 3.8) is 0 Å². The molecule has 3 rings (SSSR count). The third-order valence-corrected chi connectivity index (χ3v) is 3.36. The van der Waals surface area contributed by atoms with Crippen LogP contribution in [0.15, 0.2) is 84.5 Å². The van der Waals surface area contributed by atoms with E-state index in [1.807, 2.05) is 24.3 Å². The topological polar surface area (TPSA) is 0 Å². The maximum absolute atomic E-state index is 6.12. The predicted octanol–water partition coefficient (Wildman–Crippen LogP) is 5.27. The molecule has 0 spiro atoms. The number of hydrogen-bond donors (Lipinski definition) is 0. The summed E-state index contributed by atoms with van der Waals surface area (Å²) in [6.45, 7) is 0. The number of rotatable bonds is 2. The van der Waals surface area contributed by atoms with Crippen LogP contribution in [0, 0.1) is 0 Å². The van der Waals surface area contributed by atoms with Crippen molar-refractivity contribution in [2.45, 2.75) is 0 Å². The molecule has 0 bridgehead atoms. The average molecular weight is 265 g/mol. The highest BCUT2D eigenvalue weighted by Gasteiger charge is 2.10. The zero-order valence-electron chi connectivity index (χ0n) is 10.4. The van der Waals surface area contributed by atoms with E-state index in [1.165, 1.54) is 16.7 Å². The molecule has 0 fully saturated rings. The minimum atomic E-state index is 0.762. The minimum absolute atomic E-state index is 0.762. The van der Waals surface area contributed by atoms with E-state index in [9.17, 15) is 0 Å². The maximum Gasteiger partial charge on any atom is 0.0412 e. The number of hydrogen-bond acceptors (Lipinski definition) is 0. The van der Waals surface area contributed by atoms with Gasteiger partial charge in [-0.15, -0.1) is 0 Å². The Bertz CT molecular complexity index is 662. The zero-order chi connectivity index (χ0) is 13.1. The van der Waals surface area contributed by atoms with Crippen LogP contribution in [0.4, 0.5) is 0 Å². The monoisotopic (exact) mass is 264 g/mol. The quantitative estimate of drug-likeness (QED) is 0.693. The summed E-state index contributed by atoms with van der Waals surface area (Å²) in [5, 5.41) is 0.762. The molecule has 0 N–H and O–H groups in total. The van der Waals surface area contributed by atoms with Crippen LogP contribution in [0.5, 0.6) is 0 Å². The van der Waals surface area contributed by atoms with Gasteiger partial charge in [-0.2, -0.15) is 0 Å². The Morgan fingerprint density at radius 1 is 0.737 bits per heavy atom. The number of allylic oxidation sites excluding steroid dienone is 5. The lowest BCUT2D eigenvalue weighted by molar-refractivity contribution is 1.52. The molecule has 0 nitrogen and oxygen atoms in total. The van der Waals surface area contributed by atoms with Crippen LogP contribution >= 0.6 is 11.6 Å². The summed E-state index contributed by atoms with van der Waals surface area (Å²) in [6, 6.07) is 18.4. The SMILES string of the molecule is Clc1cccc(C(=C2C=CC=C2)c2ccccc2)c1. The van der Waals surface area contributed by atoms with Crippen LogP contribution in [-0.4, -0.2) is 0 Å². The van der Waals surface area contributed by atoms with E-state index < -0.39 is 0 Å². The van der Waals surface area contributed by atoms with Crippen molar-refractivity contribution in [3.05, 3.63) is 101 Å². The molecule has 2 aromatic carbocycles. The second-order valence-corrected chi connectivity index (χ2v) is 4.86. The van der Waals surface area contributed by atoms with Crippen LogP contribution < -0.4 is 0 Å². The molecule has 0 unspecified atom stereocenters. The van der Waals surface area contributed by atoms with E-state index >= 15 is 0 Å². The molecule has 2 aromatic rings. The Morgan fingerprint density at radius 2 is 1.42 bits per heavy atom. The van der Waals surface area contributed by atoms with Crippen molar-refractivity contribution < 1.29 is 0 Å². The van der Waals surface area contributed by atoms with Crippen molar-refractivity contribution in [3.8, 4) is 0 Å². The van der Waals surface area contributed by atoms with Gasteiger partial charge in [0.1, 0.15) is 0 Å². The Balaban J connectivity index is 2.22. The molecule has 19 heavy (non-hydrogen) atoms. The molecule has 0 atom stereocenters. The summed E-state index contributed by atoms with van der Waals surface area (Å²) in [6.07, 6.45) is 8.37. The van der Waals surface area contributed by atoms with Crippen LogP contribution in [0.3, 0.4) is 0 Å². The highest BCUT2D eigenvalue weighted by Crippen LogP contribution is 2.31. The van der Waals surface area contributed by atoms with E-state index in [1.54, 1.807) is 0 Å². The molecule has 1 aliphatic carbocycles. The van der Waals surface area contributed by atoms with Gasteiger partial charge >= 0.3 is 0 Å². The highest BCUT2D eigenvalue weighted by atomic mass is 35.5. The summed E-state index contributed by atoms with van der Waals surface area (Å²) < 4.78 is 0. The van der Waals surface area contributed by atoms with Crippen molar-refractivity contribution in [1.82, 2.24) is 0 Å². The van der Waals surface area contributed by atoms with Gasteiger partial charge < -0.3 is 0 Å². The Kier molecular flexibility index (Phi) is 3.35. The largest absolute Gasteiger partial charge is 0.0843 e. The summed E-state index contributed by atoms with van der Waals surface area (Å²) in [5.41, 5.74) is 4.78. The normalized spacial score (nSPS) is 13.0. The minimum Gasteiger partial charge on any atom is -0.0843 e. The standard InChI is InChI=1S/C18H13Cl/c19-17-12-6-11-16(13-17)18(15-9-4-5-10-15)14-7-2-1-3-8-14/h1-13H. The molecule has 0 aromatic heterocycles. The molecule has 0 saturated carbocycles. The van der Waals surface area contributed by atoms with Crippen LogP contribution in [0.25, 0.3) is 5.57 Å². The Labute approximate surface area is 118 Å². The lowest BCUT2D eigenvalue weighted by Gasteiger charge is -2.11. The van der Waals surface area contributed by atoms with Crippen LogP contribution in [-0.2, 0) is 0 Å². The van der Waals surface area contributed by atoms with Gasteiger partial charge in [0.2, 0.25) is 0 Å². The van der Waals surface area contributed by atoms with Crippen molar-refractivity contribution in [2.75, 3.05) is 0 Å². The molecule has 1 heteroatoms. The lowest BCUT2D eigenvalue weighted by Crippen LogP contribution is -1.91. The zero-order valence-corrected chi connectivity index (χ0v) is 11.1. The van der Waals surface area contributed by atoms with E-state index in [-0.39, 0.29) is 0 Å². The highest BCUT2D eigenvalue weighted by molar-refractivity contribution is 6.30. The fourth-order valence-corrected chi connectivity index (χ4v) is 2.48. The van der Waals surface area contributed by atoms with Gasteiger partial charge in [-0.25, -0.2) is 0 Å². The first-order valence-corrected chi connectivity index (χ1v) is 6.63. The maximum atomic E-state index is 6.12. The third kappa shape index (κ3) is 2.54. The smallest absolute Gasteiger partial charge is 0.0412 e. The fraction of sp³-hybridized carbons (Fsp3) is 0. The first-order valence-electron chi connectivity index (χ1n) is 6.25. The second kappa shape index (κ2) is 5.29. The summed E-state index contributed by atoms with van der Waals surface area (Å²) in [7, 11) is 0. The van der Waals surface area contributed by atoms with Gasteiger partial charge in [0.25, 0.3) is 0 Å². The van der Waals surface area contributed by atoms with Crippen LogP contribution in [0.1, 0.15) is 11.1 Å². The van der Waals surface area contributed by atoms with Crippen LogP contribution in [0.2, 0.25) is 5.02 Å². The molecule has 0 saturated heterocycles. The van der Waals surface area contributed by atoms with Crippen molar-refractivity contribution in [1.29, 1.82) is 0 Å². The lowest BCUT2D eigenvalue weighted by atomic mass is 9.93. The van der Waals surface area contributed by atoms with E-state index in [4.69, 9.17) is 11.6 Å². The first kappa shape index (κ1) is 12.0. The van der Waals surface area contributed by atoms with E-state index in [2.05, 4.69) is 54.6 Å². The molecule has 0 heterocycles. The van der Waals surface area contributed by atoms with Gasteiger partial charge in [-0.1, -0.05) is 78.4 Å². The molecular weight excluding hydrogens is 252 g/mol. The number of halogens is 1. The summed E-state index contributed by atoms with van der Waals surface area (Å²) in [5.74, 6) is 0.